The first-order valence-corrected chi connectivity index (χ1v) is 5.80. The van der Waals surface area contributed by atoms with Gasteiger partial charge in [0.25, 0.3) is 5.91 Å². The number of rotatable bonds is 2. The average Bonchev–Trinajstić information content (AvgIpc) is 2.34. The van der Waals surface area contributed by atoms with Gasteiger partial charge in [0.05, 0.1) is 0 Å². The van der Waals surface area contributed by atoms with Gasteiger partial charge < -0.3 is 10.4 Å². The van der Waals surface area contributed by atoms with E-state index >= 15 is 0 Å². The molecule has 2 N–H and O–H groups in total. The Morgan fingerprint density at radius 2 is 2.00 bits per heavy atom. The number of carbonyl (C=O) groups is 1. The van der Waals surface area contributed by atoms with Crippen molar-refractivity contribution < 1.29 is 9.90 Å². The highest BCUT2D eigenvalue weighted by atomic mass is 35.5. The predicted octanol–water partition coefficient (Wildman–Crippen LogP) is 3.61. The van der Waals surface area contributed by atoms with Crippen molar-refractivity contribution in [2.45, 2.75) is 6.92 Å². The molecule has 2 rings (SSSR count). The third-order valence-corrected chi connectivity index (χ3v) is 2.79. The van der Waals surface area contributed by atoms with Crippen LogP contribution in [0.2, 0.25) is 5.02 Å². The number of hydrogen-bond donors (Lipinski definition) is 2. The number of benzene rings is 2. The molecule has 18 heavy (non-hydrogen) atoms. The largest absolute Gasteiger partial charge is 0.508 e. The SMILES string of the molecule is Cc1ccc(NC(=O)c2cccc(Cl)c2)cc1O. The average molecular weight is 262 g/mol. The Bertz CT molecular complexity index is 596. The Hall–Kier alpha value is -2.00. The van der Waals surface area contributed by atoms with E-state index in [1.165, 1.54) is 6.07 Å². The fraction of sp³-hybridized carbons (Fsp3) is 0.0714. The minimum Gasteiger partial charge on any atom is -0.508 e. The monoisotopic (exact) mass is 261 g/mol. The van der Waals surface area contributed by atoms with Crippen LogP contribution in [0, 0.1) is 6.92 Å². The maximum Gasteiger partial charge on any atom is 0.255 e. The third-order valence-electron chi connectivity index (χ3n) is 2.55. The summed E-state index contributed by atoms with van der Waals surface area (Å²) in [5, 5.41) is 12.8. The summed E-state index contributed by atoms with van der Waals surface area (Å²) in [6.07, 6.45) is 0. The first-order valence-electron chi connectivity index (χ1n) is 5.43. The molecule has 0 fully saturated rings. The van der Waals surface area contributed by atoms with Crippen LogP contribution in [0.4, 0.5) is 5.69 Å². The molecule has 0 aliphatic carbocycles. The molecule has 0 saturated heterocycles. The van der Waals surface area contributed by atoms with Crippen LogP contribution >= 0.6 is 11.6 Å². The zero-order valence-electron chi connectivity index (χ0n) is 9.77. The zero-order valence-corrected chi connectivity index (χ0v) is 10.5. The maximum atomic E-state index is 11.9. The maximum absolute atomic E-state index is 11.9. The molecule has 0 radical (unpaired) electrons. The van der Waals surface area contributed by atoms with E-state index in [1.54, 1.807) is 43.3 Å². The van der Waals surface area contributed by atoms with Crippen molar-refractivity contribution in [2.24, 2.45) is 0 Å². The van der Waals surface area contributed by atoms with Crippen molar-refractivity contribution in [1.82, 2.24) is 0 Å². The molecular weight excluding hydrogens is 250 g/mol. The van der Waals surface area contributed by atoms with Crippen molar-refractivity contribution in [1.29, 1.82) is 0 Å². The van der Waals surface area contributed by atoms with Gasteiger partial charge in [-0.2, -0.15) is 0 Å². The fourth-order valence-corrected chi connectivity index (χ4v) is 1.71. The van der Waals surface area contributed by atoms with Gasteiger partial charge in [-0.1, -0.05) is 23.7 Å². The standard InChI is InChI=1S/C14H12ClNO2/c1-9-5-6-12(8-13(9)17)16-14(18)10-3-2-4-11(15)7-10/h2-8,17H,1H3,(H,16,18). The van der Waals surface area contributed by atoms with Crippen LogP contribution < -0.4 is 5.32 Å². The van der Waals surface area contributed by atoms with Gasteiger partial charge in [0.2, 0.25) is 0 Å². The first kappa shape index (κ1) is 12.5. The summed E-state index contributed by atoms with van der Waals surface area (Å²) in [6, 6.07) is 11.7. The van der Waals surface area contributed by atoms with Crippen LogP contribution in [0.3, 0.4) is 0 Å². The first-order chi connectivity index (χ1) is 8.56. The van der Waals surface area contributed by atoms with Crippen LogP contribution in [0.5, 0.6) is 5.75 Å². The molecule has 2 aromatic rings. The van der Waals surface area contributed by atoms with E-state index in [0.717, 1.165) is 5.56 Å². The quantitative estimate of drug-likeness (QED) is 0.868. The summed E-state index contributed by atoms with van der Waals surface area (Å²) in [7, 11) is 0. The lowest BCUT2D eigenvalue weighted by molar-refractivity contribution is 0.102. The van der Waals surface area contributed by atoms with Gasteiger partial charge in [0, 0.05) is 22.3 Å². The van der Waals surface area contributed by atoms with Crippen LogP contribution in [0.1, 0.15) is 15.9 Å². The van der Waals surface area contributed by atoms with Gasteiger partial charge >= 0.3 is 0 Å². The number of amides is 1. The number of phenols is 1. The molecule has 0 heterocycles. The van der Waals surface area contributed by atoms with Crippen LogP contribution in [-0.4, -0.2) is 11.0 Å². The third kappa shape index (κ3) is 2.81. The Balaban J connectivity index is 2.18. The Kier molecular flexibility index (Phi) is 3.53. The molecule has 0 aliphatic heterocycles. The van der Waals surface area contributed by atoms with E-state index in [-0.39, 0.29) is 11.7 Å². The van der Waals surface area contributed by atoms with Gasteiger partial charge in [-0.25, -0.2) is 0 Å². The van der Waals surface area contributed by atoms with Gasteiger partial charge in [0.1, 0.15) is 5.75 Å². The van der Waals surface area contributed by atoms with Crippen molar-refractivity contribution in [3.63, 3.8) is 0 Å². The summed E-state index contributed by atoms with van der Waals surface area (Å²) in [5.74, 6) is -0.111. The smallest absolute Gasteiger partial charge is 0.255 e. The molecule has 92 valence electrons. The van der Waals surface area contributed by atoms with Crippen molar-refractivity contribution in [3.8, 4) is 5.75 Å². The molecule has 0 bridgehead atoms. The minimum absolute atomic E-state index is 0.152. The number of anilines is 1. The number of hydrogen-bond acceptors (Lipinski definition) is 2. The molecule has 0 saturated carbocycles. The minimum atomic E-state index is -0.263. The predicted molar refractivity (Wildman–Crippen MR) is 72.2 cm³/mol. The number of nitrogens with one attached hydrogen (secondary N) is 1. The number of aryl methyl sites for hydroxylation is 1. The molecular formula is C14H12ClNO2. The molecule has 2 aromatic carbocycles. The number of halogens is 1. The molecule has 1 amide bonds. The van der Waals surface area contributed by atoms with E-state index < -0.39 is 0 Å². The highest BCUT2D eigenvalue weighted by Gasteiger charge is 2.07. The fourth-order valence-electron chi connectivity index (χ4n) is 1.52. The van der Waals surface area contributed by atoms with Gasteiger partial charge in [-0.3, -0.25) is 4.79 Å². The van der Waals surface area contributed by atoms with Crippen LogP contribution in [0.15, 0.2) is 42.5 Å². The van der Waals surface area contributed by atoms with E-state index in [4.69, 9.17) is 11.6 Å². The summed E-state index contributed by atoms with van der Waals surface area (Å²) < 4.78 is 0. The highest BCUT2D eigenvalue weighted by Crippen LogP contribution is 2.21. The van der Waals surface area contributed by atoms with Crippen molar-refractivity contribution in [3.05, 3.63) is 58.6 Å². The number of aromatic hydroxyl groups is 1. The molecule has 4 heteroatoms. The Labute approximate surface area is 110 Å². The number of carbonyl (C=O) groups excluding carboxylic acids is 1. The second-order valence-electron chi connectivity index (χ2n) is 3.97. The molecule has 0 aromatic heterocycles. The van der Waals surface area contributed by atoms with E-state index in [9.17, 15) is 9.90 Å². The van der Waals surface area contributed by atoms with E-state index in [1.807, 2.05) is 0 Å². The second kappa shape index (κ2) is 5.10. The van der Waals surface area contributed by atoms with Crippen LogP contribution in [-0.2, 0) is 0 Å². The summed E-state index contributed by atoms with van der Waals surface area (Å²) in [5.41, 5.74) is 1.78. The van der Waals surface area contributed by atoms with Gasteiger partial charge in [-0.15, -0.1) is 0 Å². The topological polar surface area (TPSA) is 49.3 Å². The lowest BCUT2D eigenvalue weighted by Gasteiger charge is -2.07. The second-order valence-corrected chi connectivity index (χ2v) is 4.40. The Morgan fingerprint density at radius 1 is 1.22 bits per heavy atom. The molecule has 0 unspecified atom stereocenters. The van der Waals surface area contributed by atoms with Crippen molar-refractivity contribution >= 4 is 23.2 Å². The van der Waals surface area contributed by atoms with Gasteiger partial charge in [-0.05, 0) is 36.8 Å². The van der Waals surface area contributed by atoms with Crippen molar-refractivity contribution in [2.75, 3.05) is 5.32 Å². The Morgan fingerprint density at radius 3 is 2.67 bits per heavy atom. The lowest BCUT2D eigenvalue weighted by Crippen LogP contribution is -2.11. The normalized spacial score (nSPS) is 10.1. The van der Waals surface area contributed by atoms with Gasteiger partial charge in [0.15, 0.2) is 0 Å². The molecule has 0 aliphatic rings. The molecule has 0 atom stereocenters. The summed E-state index contributed by atoms with van der Waals surface area (Å²) in [6.45, 7) is 1.79. The van der Waals surface area contributed by atoms with E-state index in [0.29, 0.717) is 16.3 Å². The summed E-state index contributed by atoms with van der Waals surface area (Å²) >= 11 is 5.82. The van der Waals surface area contributed by atoms with Crippen LogP contribution in [0.25, 0.3) is 0 Å². The highest BCUT2D eigenvalue weighted by molar-refractivity contribution is 6.31. The molecule has 3 nitrogen and oxygen atoms in total. The number of phenolic OH excluding ortho intramolecular Hbond substituents is 1. The summed E-state index contributed by atoms with van der Waals surface area (Å²) in [4.78, 5) is 11.9. The molecule has 0 spiro atoms. The zero-order chi connectivity index (χ0) is 13.1. The lowest BCUT2D eigenvalue weighted by atomic mass is 10.2. The van der Waals surface area contributed by atoms with E-state index in [2.05, 4.69) is 5.32 Å².